The maximum Gasteiger partial charge on any atom is 0.432 e. The van der Waals surface area contributed by atoms with Crippen molar-refractivity contribution in [2.75, 3.05) is 26.7 Å². The van der Waals surface area contributed by atoms with Crippen molar-refractivity contribution in [3.05, 3.63) is 11.8 Å². The van der Waals surface area contributed by atoms with Gasteiger partial charge in [0.1, 0.15) is 5.71 Å². The lowest BCUT2D eigenvalue weighted by atomic mass is 9.95. The topological polar surface area (TPSA) is 41.9 Å². The van der Waals surface area contributed by atoms with Gasteiger partial charge in [-0.2, -0.15) is 13.2 Å². The molecule has 0 N–H and O–H groups in total. The van der Waals surface area contributed by atoms with Crippen molar-refractivity contribution in [3.63, 3.8) is 0 Å². The van der Waals surface area contributed by atoms with E-state index in [4.69, 9.17) is 4.74 Å². The molecule has 0 aromatic heterocycles. The average Bonchev–Trinajstić information content (AvgIpc) is 2.34. The highest BCUT2D eigenvalue weighted by Gasteiger charge is 2.35. The van der Waals surface area contributed by atoms with Crippen LogP contribution in [0.25, 0.3) is 0 Å². The molecule has 1 aliphatic rings. The molecule has 0 spiro atoms. The molecule has 0 aliphatic carbocycles. The van der Waals surface area contributed by atoms with Gasteiger partial charge in [-0.05, 0) is 19.4 Å². The van der Waals surface area contributed by atoms with Crippen LogP contribution in [0.15, 0.2) is 16.8 Å². The second-order valence-electron chi connectivity index (χ2n) is 4.88. The molecule has 4 nitrogen and oxygen atoms in total. The van der Waals surface area contributed by atoms with E-state index < -0.39 is 11.9 Å². The minimum absolute atomic E-state index is 0.145. The van der Waals surface area contributed by atoms with Gasteiger partial charge in [0.2, 0.25) is 0 Å². The van der Waals surface area contributed by atoms with Gasteiger partial charge in [0.15, 0.2) is 0 Å². The summed E-state index contributed by atoms with van der Waals surface area (Å²) < 4.78 is 42.9. The number of likely N-dealkylation sites (tertiary alicyclic amines) is 1. The van der Waals surface area contributed by atoms with Gasteiger partial charge >= 0.3 is 12.1 Å². The molecule has 1 saturated heterocycles. The third kappa shape index (κ3) is 5.06. The Balaban J connectivity index is 2.59. The first-order valence-electron chi connectivity index (χ1n) is 6.96. The summed E-state index contributed by atoms with van der Waals surface area (Å²) >= 11 is 0. The van der Waals surface area contributed by atoms with Crippen LogP contribution in [-0.2, 0) is 9.53 Å². The van der Waals surface area contributed by atoms with E-state index in [1.54, 1.807) is 13.8 Å². The van der Waals surface area contributed by atoms with Crippen LogP contribution in [0.4, 0.5) is 13.2 Å². The molecular formula is C14H21F3N2O2. The van der Waals surface area contributed by atoms with Crippen molar-refractivity contribution in [3.8, 4) is 0 Å². The van der Waals surface area contributed by atoms with Crippen molar-refractivity contribution in [2.24, 2.45) is 10.9 Å². The van der Waals surface area contributed by atoms with Crippen molar-refractivity contribution in [2.45, 2.75) is 32.9 Å². The molecule has 0 radical (unpaired) electrons. The lowest BCUT2D eigenvalue weighted by molar-refractivity contribution is -0.145. The number of alkyl halides is 3. The fraction of sp³-hybridized carbons (Fsp3) is 0.714. The van der Waals surface area contributed by atoms with Crippen LogP contribution in [0, 0.1) is 5.92 Å². The molecule has 0 amide bonds. The maximum absolute atomic E-state index is 12.7. The molecule has 0 aromatic carbocycles. The minimum Gasteiger partial charge on any atom is -0.466 e. The largest absolute Gasteiger partial charge is 0.466 e. The van der Waals surface area contributed by atoms with Crippen LogP contribution in [-0.4, -0.2) is 49.5 Å². The van der Waals surface area contributed by atoms with Crippen molar-refractivity contribution in [1.29, 1.82) is 0 Å². The van der Waals surface area contributed by atoms with Gasteiger partial charge in [0.25, 0.3) is 0 Å². The van der Waals surface area contributed by atoms with E-state index >= 15 is 0 Å². The maximum atomic E-state index is 12.7. The van der Waals surface area contributed by atoms with E-state index in [0.29, 0.717) is 38.2 Å². The Hall–Kier alpha value is -1.53. The fourth-order valence-electron chi connectivity index (χ4n) is 2.24. The number of allylic oxidation sites excluding steroid dienone is 2. The summed E-state index contributed by atoms with van der Waals surface area (Å²) in [6.07, 6.45) is -2.55. The summed E-state index contributed by atoms with van der Waals surface area (Å²) in [4.78, 5) is 16.5. The molecule has 1 heterocycles. The fourth-order valence-corrected chi connectivity index (χ4v) is 2.24. The lowest BCUT2D eigenvalue weighted by Crippen LogP contribution is -2.47. The number of rotatable bonds is 6. The zero-order chi connectivity index (χ0) is 16.0. The molecule has 0 unspecified atom stereocenters. The molecular weight excluding hydrogens is 285 g/mol. The number of hydrogen-bond donors (Lipinski definition) is 0. The Kier molecular flexibility index (Phi) is 6.23. The number of aliphatic imine (C=N–C) groups is 1. The van der Waals surface area contributed by atoms with Gasteiger partial charge in [-0.1, -0.05) is 6.92 Å². The number of ether oxygens (including phenoxy) is 1. The highest BCUT2D eigenvalue weighted by Crippen LogP contribution is 2.27. The van der Waals surface area contributed by atoms with Gasteiger partial charge in [-0.15, -0.1) is 0 Å². The quantitative estimate of drug-likeness (QED) is 0.560. The highest BCUT2D eigenvalue weighted by atomic mass is 19.4. The van der Waals surface area contributed by atoms with Crippen LogP contribution < -0.4 is 0 Å². The van der Waals surface area contributed by atoms with Crippen molar-refractivity contribution >= 4 is 11.7 Å². The summed E-state index contributed by atoms with van der Waals surface area (Å²) in [5.41, 5.74) is -0.291. The highest BCUT2D eigenvalue weighted by molar-refractivity contribution is 5.99. The molecule has 1 rings (SSSR count). The van der Waals surface area contributed by atoms with E-state index in [-0.39, 0.29) is 11.9 Å². The summed E-state index contributed by atoms with van der Waals surface area (Å²) in [6.45, 7) is 5.04. The lowest BCUT2D eigenvalue weighted by Gasteiger charge is -2.42. The van der Waals surface area contributed by atoms with E-state index in [1.165, 1.54) is 0 Å². The first-order chi connectivity index (χ1) is 9.81. The Morgan fingerprint density at radius 2 is 2.00 bits per heavy atom. The number of nitrogens with zero attached hydrogens (tertiary/aromatic N) is 2. The summed E-state index contributed by atoms with van der Waals surface area (Å²) in [7, 11) is 1.13. The SMILES string of the molecule is CCOC(=O)CC1CN(/C(=C/C(=NC)C(F)(F)F)CC)C1. The summed E-state index contributed by atoms with van der Waals surface area (Å²) in [6, 6.07) is 0. The van der Waals surface area contributed by atoms with Crippen LogP contribution in [0.5, 0.6) is 0 Å². The van der Waals surface area contributed by atoms with Crippen LogP contribution in [0.3, 0.4) is 0 Å². The summed E-state index contributed by atoms with van der Waals surface area (Å²) in [5.74, 6) is -0.109. The number of halogens is 3. The zero-order valence-corrected chi connectivity index (χ0v) is 12.5. The smallest absolute Gasteiger partial charge is 0.432 e. The van der Waals surface area contributed by atoms with Crippen LogP contribution >= 0.6 is 0 Å². The normalized spacial score (nSPS) is 17.7. The van der Waals surface area contributed by atoms with Gasteiger partial charge < -0.3 is 9.64 Å². The predicted molar refractivity (Wildman–Crippen MR) is 74.1 cm³/mol. The Morgan fingerprint density at radius 3 is 2.43 bits per heavy atom. The number of carbonyl (C=O) groups is 1. The monoisotopic (exact) mass is 306 g/mol. The molecule has 1 aliphatic heterocycles. The molecule has 21 heavy (non-hydrogen) atoms. The van der Waals surface area contributed by atoms with Crippen LogP contribution in [0.2, 0.25) is 0 Å². The van der Waals surface area contributed by atoms with Crippen molar-refractivity contribution in [1.82, 2.24) is 4.90 Å². The Labute approximate surface area is 122 Å². The van der Waals surface area contributed by atoms with Crippen LogP contribution in [0.1, 0.15) is 26.7 Å². The van der Waals surface area contributed by atoms with Gasteiger partial charge in [0.05, 0.1) is 13.0 Å². The standard InChI is InChI=1S/C14H21F3N2O2/c1-4-11(7-12(18-3)14(15,16)17)19-8-10(9-19)6-13(20)21-5-2/h7,10H,4-6,8-9H2,1-3H3/b11-7+,18-12?. The average molecular weight is 306 g/mol. The minimum atomic E-state index is -4.44. The van der Waals surface area contributed by atoms with E-state index in [2.05, 4.69) is 4.99 Å². The van der Waals surface area contributed by atoms with Gasteiger partial charge in [0, 0.05) is 31.8 Å². The molecule has 0 atom stereocenters. The third-order valence-corrected chi connectivity index (χ3v) is 3.32. The molecule has 0 bridgehead atoms. The Bertz CT molecular complexity index is 424. The number of carbonyl (C=O) groups excluding carboxylic acids is 1. The van der Waals surface area contributed by atoms with E-state index in [9.17, 15) is 18.0 Å². The van der Waals surface area contributed by atoms with E-state index in [0.717, 1.165) is 13.1 Å². The molecule has 0 aromatic rings. The molecule has 0 saturated carbocycles. The van der Waals surface area contributed by atoms with Gasteiger partial charge in [-0.25, -0.2) is 0 Å². The second-order valence-corrected chi connectivity index (χ2v) is 4.88. The second kappa shape index (κ2) is 7.47. The number of hydrogen-bond acceptors (Lipinski definition) is 4. The first-order valence-corrected chi connectivity index (χ1v) is 6.96. The predicted octanol–water partition coefficient (Wildman–Crippen LogP) is 2.80. The first kappa shape index (κ1) is 17.5. The Morgan fingerprint density at radius 1 is 1.38 bits per heavy atom. The number of esters is 1. The molecule has 120 valence electrons. The summed E-state index contributed by atoms with van der Waals surface area (Å²) in [5, 5.41) is 0. The molecule has 7 heteroatoms. The van der Waals surface area contributed by atoms with Gasteiger partial charge in [-0.3, -0.25) is 9.79 Å². The third-order valence-electron chi connectivity index (χ3n) is 3.32. The molecule has 1 fully saturated rings. The van der Waals surface area contributed by atoms with E-state index in [1.807, 2.05) is 4.90 Å². The van der Waals surface area contributed by atoms with Crippen molar-refractivity contribution < 1.29 is 22.7 Å². The zero-order valence-electron chi connectivity index (χ0n) is 12.5.